The summed E-state index contributed by atoms with van der Waals surface area (Å²) in [5, 5.41) is 5.57. The Labute approximate surface area is 346 Å². The predicted molar refractivity (Wildman–Crippen MR) is 235 cm³/mol. The van der Waals surface area contributed by atoms with Crippen LogP contribution < -0.4 is 21.2 Å². The van der Waals surface area contributed by atoms with Crippen LogP contribution in [0.2, 0.25) is 0 Å². The van der Waals surface area contributed by atoms with Gasteiger partial charge >= 0.3 is 17.1 Å². The minimum absolute atomic E-state index is 0. The Morgan fingerprint density at radius 1 is 0.436 bits per heavy atom. The van der Waals surface area contributed by atoms with Crippen LogP contribution in [0, 0.1) is 11.8 Å². The number of carbonyl (C=O) groups is 2. The van der Waals surface area contributed by atoms with Gasteiger partial charge in [-0.1, -0.05) is 134 Å². The quantitative estimate of drug-likeness (QED) is 0.106. The molecule has 6 rings (SSSR count). The monoisotopic (exact) mass is 818 g/mol. The standard InChI is InChI=1S/2C24H32NOP.Fe/c2*1-18(2)25(19(3)4)24(26)22-16-11-17-23(22)27(20-12-7-5-8-13-20)21-14-9-6-10-15-21;/h2*5-10,12-15,18-19,22-23H,11,16-17H2,1-4H3;/q;;+2. The van der Waals surface area contributed by atoms with Crippen molar-refractivity contribution >= 4 is 48.9 Å². The van der Waals surface area contributed by atoms with Gasteiger partial charge in [-0.2, -0.15) is 0 Å². The van der Waals surface area contributed by atoms with Crippen molar-refractivity contribution in [2.24, 2.45) is 11.8 Å². The van der Waals surface area contributed by atoms with Crippen molar-refractivity contribution in [1.29, 1.82) is 0 Å². The summed E-state index contributed by atoms with van der Waals surface area (Å²) < 4.78 is 0. The van der Waals surface area contributed by atoms with Gasteiger partial charge in [0, 0.05) is 36.0 Å². The van der Waals surface area contributed by atoms with Crippen LogP contribution in [-0.2, 0) is 26.7 Å². The molecule has 4 atom stereocenters. The molecule has 2 aliphatic rings. The molecule has 4 aromatic rings. The zero-order valence-electron chi connectivity index (χ0n) is 34.4. The Kier molecular flexibility index (Phi) is 17.7. The maximum atomic E-state index is 13.5. The Balaban J connectivity index is 0.000000240. The van der Waals surface area contributed by atoms with Gasteiger partial charge in [0.15, 0.2) is 0 Å². The van der Waals surface area contributed by atoms with E-state index in [-0.39, 0.29) is 53.1 Å². The van der Waals surface area contributed by atoms with E-state index in [4.69, 9.17) is 0 Å². The summed E-state index contributed by atoms with van der Waals surface area (Å²) in [5.41, 5.74) is 0.856. The second-order valence-corrected chi connectivity index (χ2v) is 21.0. The topological polar surface area (TPSA) is 40.6 Å². The normalized spacial score (nSPS) is 19.5. The van der Waals surface area contributed by atoms with Crippen molar-refractivity contribution < 1.29 is 26.7 Å². The number of amides is 2. The van der Waals surface area contributed by atoms with Crippen LogP contribution in [0.4, 0.5) is 0 Å². The van der Waals surface area contributed by atoms with Crippen LogP contribution in [0.15, 0.2) is 121 Å². The molecule has 0 radical (unpaired) electrons. The van der Waals surface area contributed by atoms with Crippen LogP contribution in [0.5, 0.6) is 0 Å². The van der Waals surface area contributed by atoms with E-state index >= 15 is 0 Å². The van der Waals surface area contributed by atoms with Gasteiger partial charge in [-0.25, -0.2) is 0 Å². The first-order valence-corrected chi connectivity index (χ1v) is 23.3. The summed E-state index contributed by atoms with van der Waals surface area (Å²) in [6, 6.07) is 44.4. The number of hydrogen-bond donors (Lipinski definition) is 0. The van der Waals surface area contributed by atoms with Gasteiger partial charge in [0.25, 0.3) is 0 Å². The summed E-state index contributed by atoms with van der Waals surface area (Å²) in [4.78, 5) is 31.3. The van der Waals surface area contributed by atoms with E-state index < -0.39 is 15.8 Å². The summed E-state index contributed by atoms with van der Waals surface area (Å²) in [6.45, 7) is 17.1. The average molecular weight is 819 g/mol. The maximum Gasteiger partial charge on any atom is 2.00 e. The van der Waals surface area contributed by atoms with Crippen molar-refractivity contribution in [2.45, 2.75) is 129 Å². The van der Waals surface area contributed by atoms with Gasteiger partial charge in [-0.15, -0.1) is 0 Å². The third-order valence-electron chi connectivity index (χ3n) is 11.1. The summed E-state index contributed by atoms with van der Waals surface area (Å²) >= 11 is 0. The van der Waals surface area contributed by atoms with E-state index in [9.17, 15) is 9.59 Å². The number of rotatable bonds is 12. The Morgan fingerprint density at radius 2 is 0.673 bits per heavy atom. The van der Waals surface area contributed by atoms with E-state index in [0.29, 0.717) is 23.1 Å². The van der Waals surface area contributed by atoms with Crippen molar-refractivity contribution in [3.63, 3.8) is 0 Å². The molecule has 0 N–H and O–H groups in total. The Bertz CT molecular complexity index is 1500. The smallest absolute Gasteiger partial charge is 0.338 e. The van der Waals surface area contributed by atoms with E-state index in [2.05, 4.69) is 187 Å². The molecule has 0 bridgehead atoms. The molecule has 2 saturated carbocycles. The minimum atomic E-state index is -0.535. The number of hydrogen-bond acceptors (Lipinski definition) is 2. The second kappa shape index (κ2) is 21.6. The molecule has 4 nitrogen and oxygen atoms in total. The van der Waals surface area contributed by atoms with Gasteiger partial charge in [0.2, 0.25) is 11.8 Å². The number of carbonyl (C=O) groups excluding carboxylic acids is 2. The molecule has 0 aromatic heterocycles. The van der Waals surface area contributed by atoms with Crippen LogP contribution in [0.25, 0.3) is 0 Å². The summed E-state index contributed by atoms with van der Waals surface area (Å²) in [7, 11) is -1.07. The van der Waals surface area contributed by atoms with Crippen molar-refractivity contribution in [3.05, 3.63) is 121 Å². The number of nitrogens with zero attached hydrogens (tertiary/aromatic N) is 2. The Hall–Kier alpha value is -2.80. The van der Waals surface area contributed by atoms with E-state index in [1.807, 2.05) is 0 Å². The molecule has 55 heavy (non-hydrogen) atoms. The van der Waals surface area contributed by atoms with Crippen LogP contribution in [-0.4, -0.2) is 57.1 Å². The van der Waals surface area contributed by atoms with Gasteiger partial charge in [-0.3, -0.25) is 9.59 Å². The average Bonchev–Trinajstić information content (AvgIpc) is 3.84. The Morgan fingerprint density at radius 3 is 0.891 bits per heavy atom. The van der Waals surface area contributed by atoms with Gasteiger partial charge in [0.05, 0.1) is 0 Å². The molecule has 2 fully saturated rings. The first-order chi connectivity index (χ1) is 26.0. The number of benzene rings is 4. The van der Waals surface area contributed by atoms with Crippen LogP contribution in [0.1, 0.15) is 93.9 Å². The van der Waals surface area contributed by atoms with Crippen molar-refractivity contribution in [3.8, 4) is 0 Å². The first-order valence-electron chi connectivity index (χ1n) is 20.4. The fourth-order valence-corrected chi connectivity index (χ4v) is 15.3. The van der Waals surface area contributed by atoms with Gasteiger partial charge in [0.1, 0.15) is 0 Å². The van der Waals surface area contributed by atoms with Crippen molar-refractivity contribution in [2.75, 3.05) is 0 Å². The predicted octanol–water partition coefficient (Wildman–Crippen LogP) is 9.86. The third-order valence-corrected chi connectivity index (χ3v) is 17.1. The molecule has 4 aromatic carbocycles. The van der Waals surface area contributed by atoms with E-state index in [0.717, 1.165) is 38.5 Å². The molecular weight excluding hydrogens is 754 g/mol. The largest absolute Gasteiger partial charge is 2.00 e. The molecule has 4 unspecified atom stereocenters. The van der Waals surface area contributed by atoms with Gasteiger partial charge < -0.3 is 9.80 Å². The van der Waals surface area contributed by atoms with E-state index in [1.165, 1.54) is 21.2 Å². The fourth-order valence-electron chi connectivity index (χ4n) is 9.09. The molecule has 2 aliphatic carbocycles. The molecule has 0 aliphatic heterocycles. The molecule has 2 amide bonds. The summed E-state index contributed by atoms with van der Waals surface area (Å²) in [6.07, 6.45) is 6.66. The zero-order chi connectivity index (χ0) is 38.8. The molecule has 0 saturated heterocycles. The zero-order valence-corrected chi connectivity index (χ0v) is 37.3. The van der Waals surface area contributed by atoms with Gasteiger partial charge in [-0.05, 0) is 129 Å². The molecule has 7 heteroatoms. The third kappa shape index (κ3) is 11.2. The second-order valence-electron chi connectivity index (χ2n) is 16.2. The molecular formula is C48H64FeN2O2P2+2. The SMILES string of the molecule is CC(C)N(C(=O)C1CCCC1P(c1ccccc1)c1ccccc1)C(C)C.CC(C)N(C(=O)C1CCCC1P(c1ccccc1)c1ccccc1)C(C)C.[Fe+2]. The van der Waals surface area contributed by atoms with E-state index in [1.54, 1.807) is 0 Å². The fraction of sp³-hybridized carbons (Fsp3) is 0.458. The first kappa shape index (κ1) is 44.9. The summed E-state index contributed by atoms with van der Waals surface area (Å²) in [5.74, 6) is 1.01. The molecule has 0 spiro atoms. The molecule has 0 heterocycles. The van der Waals surface area contributed by atoms with Crippen molar-refractivity contribution in [1.82, 2.24) is 9.80 Å². The van der Waals surface area contributed by atoms with Crippen LogP contribution in [0.3, 0.4) is 0 Å². The minimum Gasteiger partial charge on any atom is -0.338 e. The van der Waals surface area contributed by atoms with Crippen LogP contribution >= 0.6 is 15.8 Å². The molecule has 294 valence electrons. The maximum absolute atomic E-state index is 13.5.